The highest BCUT2D eigenvalue weighted by atomic mass is 19.1. The standard InChI is InChI=1S/C7H9BFNO3/c9-6-1-5(4-10)2-7(3-6)13-8(11)12/h1-3,11-12H,4,10H2. The van der Waals surface area contributed by atoms with Crippen LogP contribution in [0.4, 0.5) is 4.39 Å². The highest BCUT2D eigenvalue weighted by Crippen LogP contribution is 2.16. The zero-order valence-corrected chi connectivity index (χ0v) is 6.77. The van der Waals surface area contributed by atoms with Gasteiger partial charge in [-0.1, -0.05) is 0 Å². The molecule has 0 amide bonds. The minimum Gasteiger partial charge on any atom is -0.512 e. The van der Waals surface area contributed by atoms with Gasteiger partial charge in [0, 0.05) is 12.6 Å². The topological polar surface area (TPSA) is 75.7 Å². The zero-order chi connectivity index (χ0) is 9.84. The molecule has 0 atom stereocenters. The van der Waals surface area contributed by atoms with Gasteiger partial charge in [-0.3, -0.25) is 0 Å². The second kappa shape index (κ2) is 4.22. The molecular formula is C7H9BFNO3. The second-order valence-corrected chi connectivity index (χ2v) is 2.44. The van der Waals surface area contributed by atoms with Crippen LogP contribution in [0.15, 0.2) is 18.2 Å². The molecule has 0 saturated heterocycles. The van der Waals surface area contributed by atoms with Crippen molar-refractivity contribution >= 4 is 7.32 Å². The van der Waals surface area contributed by atoms with E-state index in [1.54, 1.807) is 0 Å². The van der Waals surface area contributed by atoms with E-state index in [1.165, 1.54) is 12.1 Å². The van der Waals surface area contributed by atoms with E-state index in [9.17, 15) is 4.39 Å². The molecule has 4 nitrogen and oxygen atoms in total. The number of hydrogen-bond acceptors (Lipinski definition) is 4. The Morgan fingerprint density at radius 2 is 2.08 bits per heavy atom. The molecule has 13 heavy (non-hydrogen) atoms. The lowest BCUT2D eigenvalue weighted by Gasteiger charge is -2.06. The number of benzene rings is 1. The van der Waals surface area contributed by atoms with Crippen molar-refractivity contribution in [3.63, 3.8) is 0 Å². The lowest BCUT2D eigenvalue weighted by Crippen LogP contribution is -2.20. The van der Waals surface area contributed by atoms with Gasteiger partial charge in [0.15, 0.2) is 0 Å². The lowest BCUT2D eigenvalue weighted by atomic mass is 10.2. The third kappa shape index (κ3) is 3.02. The summed E-state index contributed by atoms with van der Waals surface area (Å²) >= 11 is 0. The van der Waals surface area contributed by atoms with Crippen LogP contribution in [0.3, 0.4) is 0 Å². The Hall–Kier alpha value is -1.11. The molecule has 1 aromatic rings. The summed E-state index contributed by atoms with van der Waals surface area (Å²) < 4.78 is 17.2. The summed E-state index contributed by atoms with van der Waals surface area (Å²) in [6.45, 7) is 0.162. The minimum absolute atomic E-state index is 0.0375. The maximum atomic E-state index is 12.8. The van der Waals surface area contributed by atoms with Crippen molar-refractivity contribution in [2.75, 3.05) is 0 Å². The smallest absolute Gasteiger partial charge is 0.512 e. The van der Waals surface area contributed by atoms with E-state index in [0.717, 1.165) is 6.07 Å². The van der Waals surface area contributed by atoms with Crippen LogP contribution in [0.5, 0.6) is 5.75 Å². The number of hydrogen-bond donors (Lipinski definition) is 3. The number of rotatable bonds is 3. The largest absolute Gasteiger partial charge is 0.707 e. The summed E-state index contributed by atoms with van der Waals surface area (Å²) in [7, 11) is -1.95. The minimum atomic E-state index is -1.95. The summed E-state index contributed by atoms with van der Waals surface area (Å²) in [6.07, 6.45) is 0. The van der Waals surface area contributed by atoms with E-state index in [0.29, 0.717) is 5.56 Å². The molecule has 0 aliphatic rings. The molecule has 1 aromatic carbocycles. The van der Waals surface area contributed by atoms with Crippen LogP contribution in [-0.2, 0) is 6.54 Å². The van der Waals surface area contributed by atoms with Crippen molar-refractivity contribution in [1.82, 2.24) is 0 Å². The van der Waals surface area contributed by atoms with Crippen LogP contribution in [-0.4, -0.2) is 17.4 Å². The molecule has 0 aliphatic carbocycles. The van der Waals surface area contributed by atoms with Gasteiger partial charge >= 0.3 is 7.32 Å². The van der Waals surface area contributed by atoms with E-state index >= 15 is 0 Å². The van der Waals surface area contributed by atoms with E-state index < -0.39 is 13.1 Å². The van der Waals surface area contributed by atoms with Crippen molar-refractivity contribution in [2.24, 2.45) is 5.73 Å². The van der Waals surface area contributed by atoms with Crippen LogP contribution in [0.1, 0.15) is 5.56 Å². The summed E-state index contributed by atoms with van der Waals surface area (Å²) in [6, 6.07) is 3.72. The molecule has 0 radical (unpaired) electrons. The number of nitrogens with two attached hydrogens (primary N) is 1. The fraction of sp³-hybridized carbons (Fsp3) is 0.143. The van der Waals surface area contributed by atoms with Crippen LogP contribution < -0.4 is 10.4 Å². The van der Waals surface area contributed by atoms with Crippen molar-refractivity contribution in [2.45, 2.75) is 6.54 Å². The Labute approximate surface area is 74.9 Å². The van der Waals surface area contributed by atoms with Gasteiger partial charge in [-0.25, -0.2) is 4.39 Å². The average molecular weight is 185 g/mol. The SMILES string of the molecule is NCc1cc(F)cc(OB(O)O)c1. The van der Waals surface area contributed by atoms with E-state index in [1.807, 2.05) is 0 Å². The molecule has 4 N–H and O–H groups in total. The Balaban J connectivity index is 2.88. The van der Waals surface area contributed by atoms with Gasteiger partial charge in [-0.15, -0.1) is 0 Å². The maximum Gasteiger partial charge on any atom is 0.707 e. The fourth-order valence-corrected chi connectivity index (χ4v) is 0.928. The lowest BCUT2D eigenvalue weighted by molar-refractivity contribution is 0.287. The second-order valence-electron chi connectivity index (χ2n) is 2.44. The summed E-state index contributed by atoms with van der Waals surface area (Å²) in [5.41, 5.74) is 5.79. The van der Waals surface area contributed by atoms with E-state index in [4.69, 9.17) is 15.8 Å². The van der Waals surface area contributed by atoms with Crippen LogP contribution in [0.2, 0.25) is 0 Å². The molecule has 0 fully saturated rings. The highest BCUT2D eigenvalue weighted by molar-refractivity contribution is 6.33. The third-order valence-corrected chi connectivity index (χ3v) is 1.41. The summed E-state index contributed by atoms with van der Waals surface area (Å²) in [5, 5.41) is 16.9. The van der Waals surface area contributed by atoms with Gasteiger partial charge in [0.1, 0.15) is 11.6 Å². The highest BCUT2D eigenvalue weighted by Gasteiger charge is 2.12. The Kier molecular flexibility index (Phi) is 3.24. The molecule has 0 unspecified atom stereocenters. The first-order valence-corrected chi connectivity index (χ1v) is 3.64. The third-order valence-electron chi connectivity index (χ3n) is 1.41. The van der Waals surface area contributed by atoms with E-state index in [2.05, 4.69) is 4.65 Å². The molecule has 0 saturated carbocycles. The fourth-order valence-electron chi connectivity index (χ4n) is 0.928. The number of halogens is 1. The van der Waals surface area contributed by atoms with Gasteiger partial charge in [0.05, 0.1) is 0 Å². The molecule has 70 valence electrons. The molecule has 6 heteroatoms. The van der Waals surface area contributed by atoms with Gasteiger partial charge in [0.25, 0.3) is 0 Å². The van der Waals surface area contributed by atoms with Gasteiger partial charge in [-0.2, -0.15) is 0 Å². The van der Waals surface area contributed by atoms with Crippen LogP contribution in [0, 0.1) is 5.82 Å². The molecular weight excluding hydrogens is 176 g/mol. The Bertz CT molecular complexity index is 295. The van der Waals surface area contributed by atoms with Crippen LogP contribution >= 0.6 is 0 Å². The van der Waals surface area contributed by atoms with Crippen molar-refractivity contribution in [3.05, 3.63) is 29.6 Å². The Morgan fingerprint density at radius 3 is 2.62 bits per heavy atom. The molecule has 0 heterocycles. The molecule has 1 rings (SSSR count). The average Bonchev–Trinajstić information content (AvgIpc) is 2.01. The van der Waals surface area contributed by atoms with Gasteiger partial charge in [-0.05, 0) is 17.7 Å². The molecule has 0 spiro atoms. The monoisotopic (exact) mass is 185 g/mol. The molecule has 0 bridgehead atoms. The summed E-state index contributed by atoms with van der Waals surface area (Å²) in [5.74, 6) is -0.492. The van der Waals surface area contributed by atoms with Gasteiger partial charge in [0.2, 0.25) is 0 Å². The predicted octanol–water partition coefficient (Wildman–Crippen LogP) is -0.367. The van der Waals surface area contributed by atoms with E-state index in [-0.39, 0.29) is 12.3 Å². The summed E-state index contributed by atoms with van der Waals surface area (Å²) in [4.78, 5) is 0. The predicted molar refractivity (Wildman–Crippen MR) is 45.1 cm³/mol. The first kappa shape index (κ1) is 9.98. The normalized spacial score (nSPS) is 9.85. The van der Waals surface area contributed by atoms with Gasteiger partial charge < -0.3 is 20.4 Å². The maximum absolute atomic E-state index is 12.8. The molecule has 0 aromatic heterocycles. The van der Waals surface area contributed by atoms with Crippen molar-refractivity contribution in [3.8, 4) is 5.75 Å². The van der Waals surface area contributed by atoms with Crippen LogP contribution in [0.25, 0.3) is 0 Å². The zero-order valence-electron chi connectivity index (χ0n) is 6.77. The first-order chi connectivity index (χ1) is 6.11. The van der Waals surface area contributed by atoms with Crippen molar-refractivity contribution in [1.29, 1.82) is 0 Å². The molecule has 0 aliphatic heterocycles. The Morgan fingerprint density at radius 1 is 1.38 bits per heavy atom. The quantitative estimate of drug-likeness (QED) is 0.561. The first-order valence-electron chi connectivity index (χ1n) is 3.64. The van der Waals surface area contributed by atoms with Crippen molar-refractivity contribution < 1.29 is 19.1 Å².